The molecule has 20 heavy (non-hydrogen) atoms. The van der Waals surface area contributed by atoms with Gasteiger partial charge in [-0.15, -0.1) is 0 Å². The van der Waals surface area contributed by atoms with Crippen LogP contribution in [-0.2, 0) is 6.42 Å². The Balaban J connectivity index is 2.30. The van der Waals surface area contributed by atoms with Crippen molar-refractivity contribution in [2.24, 2.45) is 5.84 Å². The Morgan fingerprint density at radius 3 is 2.45 bits per heavy atom. The van der Waals surface area contributed by atoms with E-state index in [9.17, 15) is 8.78 Å². The highest BCUT2D eigenvalue weighted by molar-refractivity contribution is 9.10. The van der Waals surface area contributed by atoms with Crippen LogP contribution in [0.25, 0.3) is 0 Å². The number of hydrogen-bond acceptors (Lipinski definition) is 2. The molecule has 2 rings (SSSR count). The average molecular weight is 406 g/mol. The predicted molar refractivity (Wildman–Crippen MR) is 82.0 cm³/mol. The predicted octanol–water partition coefficient (Wildman–Crippen LogP) is 4.24. The van der Waals surface area contributed by atoms with E-state index < -0.39 is 0 Å². The maximum absolute atomic E-state index is 13.4. The molecule has 0 fully saturated rings. The molecule has 0 heterocycles. The number of benzene rings is 2. The van der Waals surface area contributed by atoms with Crippen LogP contribution in [0.4, 0.5) is 8.78 Å². The first kappa shape index (κ1) is 15.6. The van der Waals surface area contributed by atoms with Crippen LogP contribution in [0.15, 0.2) is 45.3 Å². The van der Waals surface area contributed by atoms with Crippen molar-refractivity contribution in [2.45, 2.75) is 12.5 Å². The zero-order valence-corrected chi connectivity index (χ0v) is 13.5. The smallest absolute Gasteiger partial charge is 0.124 e. The number of nitrogens with one attached hydrogen (secondary N) is 1. The van der Waals surface area contributed by atoms with E-state index in [0.717, 1.165) is 10.0 Å². The number of halogens is 4. The lowest BCUT2D eigenvalue weighted by Crippen LogP contribution is -2.29. The maximum atomic E-state index is 13.4. The van der Waals surface area contributed by atoms with Crippen LogP contribution in [0.3, 0.4) is 0 Å². The summed E-state index contributed by atoms with van der Waals surface area (Å²) in [6.45, 7) is 0. The second-order valence-electron chi connectivity index (χ2n) is 4.36. The van der Waals surface area contributed by atoms with E-state index in [0.29, 0.717) is 16.5 Å². The number of hydrogen-bond donors (Lipinski definition) is 2. The molecule has 2 nitrogen and oxygen atoms in total. The molecule has 3 N–H and O–H groups in total. The minimum Gasteiger partial charge on any atom is -0.271 e. The van der Waals surface area contributed by atoms with Crippen LogP contribution in [-0.4, -0.2) is 0 Å². The SMILES string of the molecule is NNC(Cc1cc(F)ccc1Br)c1cc(F)cc(Br)c1. The number of rotatable bonds is 4. The van der Waals surface area contributed by atoms with Gasteiger partial charge in [0.1, 0.15) is 11.6 Å². The van der Waals surface area contributed by atoms with E-state index in [4.69, 9.17) is 5.84 Å². The van der Waals surface area contributed by atoms with Gasteiger partial charge in [0, 0.05) is 8.95 Å². The highest BCUT2D eigenvalue weighted by Crippen LogP contribution is 2.26. The van der Waals surface area contributed by atoms with Gasteiger partial charge in [-0.3, -0.25) is 11.3 Å². The van der Waals surface area contributed by atoms with Gasteiger partial charge < -0.3 is 0 Å². The minimum absolute atomic E-state index is 0.319. The van der Waals surface area contributed by atoms with Gasteiger partial charge in [0.05, 0.1) is 6.04 Å². The monoisotopic (exact) mass is 404 g/mol. The van der Waals surface area contributed by atoms with Gasteiger partial charge in [-0.05, 0) is 53.9 Å². The fraction of sp³-hybridized carbons (Fsp3) is 0.143. The van der Waals surface area contributed by atoms with Crippen LogP contribution < -0.4 is 11.3 Å². The van der Waals surface area contributed by atoms with Crippen molar-refractivity contribution >= 4 is 31.9 Å². The van der Waals surface area contributed by atoms with Crippen LogP contribution >= 0.6 is 31.9 Å². The van der Waals surface area contributed by atoms with Gasteiger partial charge in [0.2, 0.25) is 0 Å². The van der Waals surface area contributed by atoms with Crippen LogP contribution in [0.2, 0.25) is 0 Å². The second-order valence-corrected chi connectivity index (χ2v) is 6.13. The first-order valence-corrected chi connectivity index (χ1v) is 7.44. The molecule has 106 valence electrons. The van der Waals surface area contributed by atoms with Gasteiger partial charge in [0.25, 0.3) is 0 Å². The van der Waals surface area contributed by atoms with E-state index in [2.05, 4.69) is 37.3 Å². The van der Waals surface area contributed by atoms with Crippen LogP contribution in [0, 0.1) is 11.6 Å². The molecule has 0 aliphatic rings. The molecule has 0 amide bonds. The summed E-state index contributed by atoms with van der Waals surface area (Å²) in [5.74, 6) is 4.87. The van der Waals surface area contributed by atoms with Crippen molar-refractivity contribution < 1.29 is 8.78 Å². The summed E-state index contributed by atoms with van der Waals surface area (Å²) < 4.78 is 28.1. The van der Waals surface area contributed by atoms with E-state index in [-0.39, 0.29) is 17.7 Å². The summed E-state index contributed by atoms with van der Waals surface area (Å²) in [6.07, 6.45) is 0.435. The lowest BCUT2D eigenvalue weighted by atomic mass is 9.99. The molecule has 1 atom stereocenters. The van der Waals surface area contributed by atoms with E-state index in [1.165, 1.54) is 24.3 Å². The van der Waals surface area contributed by atoms with Gasteiger partial charge in [-0.1, -0.05) is 31.9 Å². The largest absolute Gasteiger partial charge is 0.271 e. The Labute approximate surface area is 132 Å². The van der Waals surface area contributed by atoms with Gasteiger partial charge in [-0.2, -0.15) is 0 Å². The number of hydrazine groups is 1. The normalized spacial score (nSPS) is 12.4. The third-order valence-corrected chi connectivity index (χ3v) is 4.15. The van der Waals surface area contributed by atoms with E-state index in [1.54, 1.807) is 12.1 Å². The molecule has 0 bridgehead atoms. The van der Waals surface area contributed by atoms with Gasteiger partial charge in [0.15, 0.2) is 0 Å². The van der Waals surface area contributed by atoms with Crippen molar-refractivity contribution in [3.63, 3.8) is 0 Å². The zero-order chi connectivity index (χ0) is 14.7. The Hall–Kier alpha value is -0.820. The molecule has 0 saturated heterocycles. The van der Waals surface area contributed by atoms with Crippen molar-refractivity contribution in [1.29, 1.82) is 0 Å². The molecular weight excluding hydrogens is 394 g/mol. The summed E-state index contributed by atoms with van der Waals surface area (Å²) in [6, 6.07) is 8.68. The Morgan fingerprint density at radius 2 is 1.80 bits per heavy atom. The molecule has 0 saturated carbocycles. The first-order chi connectivity index (χ1) is 9.49. The second kappa shape index (κ2) is 6.76. The minimum atomic E-state index is -0.354. The Morgan fingerprint density at radius 1 is 1.05 bits per heavy atom. The van der Waals surface area contributed by atoms with Crippen molar-refractivity contribution in [1.82, 2.24) is 5.43 Å². The van der Waals surface area contributed by atoms with Crippen LogP contribution in [0.1, 0.15) is 17.2 Å². The highest BCUT2D eigenvalue weighted by atomic mass is 79.9. The van der Waals surface area contributed by atoms with Gasteiger partial charge in [-0.25, -0.2) is 8.78 Å². The summed E-state index contributed by atoms with van der Waals surface area (Å²) in [4.78, 5) is 0. The van der Waals surface area contributed by atoms with Crippen molar-refractivity contribution in [3.05, 3.63) is 68.1 Å². The maximum Gasteiger partial charge on any atom is 0.124 e. The Bertz CT molecular complexity index is 600. The highest BCUT2D eigenvalue weighted by Gasteiger charge is 2.14. The third kappa shape index (κ3) is 3.85. The molecule has 0 aliphatic heterocycles. The molecule has 2 aromatic carbocycles. The molecule has 0 aliphatic carbocycles. The lowest BCUT2D eigenvalue weighted by Gasteiger charge is -2.18. The van der Waals surface area contributed by atoms with Crippen molar-refractivity contribution in [2.75, 3.05) is 0 Å². The summed E-state index contributed by atoms with van der Waals surface area (Å²) in [7, 11) is 0. The Kier molecular flexibility index (Phi) is 5.26. The average Bonchev–Trinajstić information content (AvgIpc) is 2.38. The lowest BCUT2D eigenvalue weighted by molar-refractivity contribution is 0.540. The van der Waals surface area contributed by atoms with E-state index in [1.807, 2.05) is 0 Å². The first-order valence-electron chi connectivity index (χ1n) is 5.85. The standard InChI is InChI=1S/C14H12Br2F2N2/c15-10-3-9(5-12(18)7-10)14(20-19)6-8-4-11(17)1-2-13(8)16/h1-5,7,14,20H,6,19H2. The zero-order valence-electron chi connectivity index (χ0n) is 10.3. The van der Waals surface area contributed by atoms with E-state index >= 15 is 0 Å². The van der Waals surface area contributed by atoms with Gasteiger partial charge >= 0.3 is 0 Å². The number of nitrogens with two attached hydrogens (primary N) is 1. The van der Waals surface area contributed by atoms with Crippen LogP contribution in [0.5, 0.6) is 0 Å². The topological polar surface area (TPSA) is 38.0 Å². The molecule has 2 aromatic rings. The fourth-order valence-corrected chi connectivity index (χ4v) is 2.86. The fourth-order valence-electron chi connectivity index (χ4n) is 1.97. The third-order valence-electron chi connectivity index (χ3n) is 2.92. The molecule has 0 spiro atoms. The molecular formula is C14H12Br2F2N2. The molecule has 6 heteroatoms. The molecule has 1 unspecified atom stereocenters. The summed E-state index contributed by atoms with van der Waals surface area (Å²) in [5, 5.41) is 0. The van der Waals surface area contributed by atoms with Crippen molar-refractivity contribution in [3.8, 4) is 0 Å². The molecule has 0 aromatic heterocycles. The summed E-state index contributed by atoms with van der Waals surface area (Å²) in [5.41, 5.74) is 4.09. The quantitative estimate of drug-likeness (QED) is 0.589. The molecule has 0 radical (unpaired) electrons. The summed E-state index contributed by atoms with van der Waals surface area (Å²) >= 11 is 6.62.